The minimum Gasteiger partial charge on any atom is -0.350 e. The molecule has 3 nitrogen and oxygen atoms in total. The van der Waals surface area contributed by atoms with Crippen LogP contribution in [0, 0.1) is 0 Å². The second-order valence-electron chi connectivity index (χ2n) is 6.34. The van der Waals surface area contributed by atoms with Crippen molar-refractivity contribution in [3.05, 3.63) is 25.3 Å². The van der Waals surface area contributed by atoms with E-state index in [0.717, 1.165) is 19.4 Å². The fourth-order valence-corrected chi connectivity index (χ4v) is 3.30. The molecular formula is C15H26N2O. The summed E-state index contributed by atoms with van der Waals surface area (Å²) in [5, 5.41) is 3.03. The second kappa shape index (κ2) is 5.27. The molecule has 0 aromatic carbocycles. The van der Waals surface area contributed by atoms with Gasteiger partial charge >= 0.3 is 0 Å². The van der Waals surface area contributed by atoms with Gasteiger partial charge in [0.1, 0.15) is 0 Å². The first-order valence-electron chi connectivity index (χ1n) is 6.54. The van der Waals surface area contributed by atoms with Crippen molar-refractivity contribution >= 4 is 5.91 Å². The Morgan fingerprint density at radius 3 is 2.17 bits per heavy atom. The fourth-order valence-electron chi connectivity index (χ4n) is 3.30. The van der Waals surface area contributed by atoms with E-state index in [9.17, 15) is 4.79 Å². The van der Waals surface area contributed by atoms with Crippen molar-refractivity contribution in [3.63, 3.8) is 0 Å². The summed E-state index contributed by atoms with van der Waals surface area (Å²) >= 11 is 0. The van der Waals surface area contributed by atoms with Gasteiger partial charge in [-0.2, -0.15) is 0 Å². The largest absolute Gasteiger partial charge is 0.350 e. The summed E-state index contributed by atoms with van der Waals surface area (Å²) in [6, 6.07) is 0.210. The number of piperidine rings is 1. The van der Waals surface area contributed by atoms with Gasteiger partial charge in [0, 0.05) is 23.7 Å². The van der Waals surface area contributed by atoms with Gasteiger partial charge in [0.15, 0.2) is 0 Å². The molecule has 0 aliphatic carbocycles. The Kier molecular flexibility index (Phi) is 4.38. The number of amides is 1. The van der Waals surface area contributed by atoms with Crippen LogP contribution in [0.5, 0.6) is 0 Å². The van der Waals surface area contributed by atoms with Crippen LogP contribution in [0.25, 0.3) is 0 Å². The molecule has 0 unspecified atom stereocenters. The van der Waals surface area contributed by atoms with Gasteiger partial charge in [-0.1, -0.05) is 12.7 Å². The molecule has 102 valence electrons. The Hall–Kier alpha value is -1.09. The molecule has 1 amide bonds. The Morgan fingerprint density at radius 2 is 1.78 bits per heavy atom. The van der Waals surface area contributed by atoms with Crippen LogP contribution >= 0.6 is 0 Å². The number of nitrogens with one attached hydrogen (secondary N) is 1. The number of hydrogen-bond acceptors (Lipinski definition) is 2. The minimum atomic E-state index is -0.0798. The third-order valence-corrected chi connectivity index (χ3v) is 3.80. The molecule has 18 heavy (non-hydrogen) atoms. The van der Waals surface area contributed by atoms with E-state index in [1.165, 1.54) is 6.08 Å². The van der Waals surface area contributed by atoms with Crippen LogP contribution in [0.15, 0.2) is 25.3 Å². The third-order valence-electron chi connectivity index (χ3n) is 3.80. The molecular weight excluding hydrogens is 224 g/mol. The van der Waals surface area contributed by atoms with Gasteiger partial charge in [-0.3, -0.25) is 9.69 Å². The van der Waals surface area contributed by atoms with Gasteiger partial charge in [-0.25, -0.2) is 0 Å². The zero-order valence-corrected chi connectivity index (χ0v) is 12.1. The van der Waals surface area contributed by atoms with E-state index in [0.29, 0.717) is 0 Å². The molecule has 0 aromatic rings. The molecule has 3 heteroatoms. The summed E-state index contributed by atoms with van der Waals surface area (Å²) in [7, 11) is 0. The summed E-state index contributed by atoms with van der Waals surface area (Å²) < 4.78 is 0. The molecule has 1 aliphatic heterocycles. The van der Waals surface area contributed by atoms with Crippen molar-refractivity contribution in [2.45, 2.75) is 57.7 Å². The summed E-state index contributed by atoms with van der Waals surface area (Å²) in [6.07, 6.45) is 5.19. The monoisotopic (exact) mass is 250 g/mol. The molecule has 0 saturated carbocycles. The summed E-state index contributed by atoms with van der Waals surface area (Å²) in [5.41, 5.74) is 0.101. The quantitative estimate of drug-likeness (QED) is 0.614. The highest BCUT2D eigenvalue weighted by molar-refractivity contribution is 5.87. The van der Waals surface area contributed by atoms with Crippen molar-refractivity contribution < 1.29 is 4.79 Å². The molecule has 1 rings (SSSR count). The van der Waals surface area contributed by atoms with Crippen LogP contribution in [0.4, 0.5) is 0 Å². The normalized spacial score (nSPS) is 23.3. The van der Waals surface area contributed by atoms with Crippen LogP contribution in [-0.2, 0) is 4.79 Å². The van der Waals surface area contributed by atoms with E-state index in [1.54, 1.807) is 0 Å². The standard InChI is InChI=1S/C15H26N2O/c1-7-9-17-14(3,4)10-12(11-15(17,5)6)16-13(18)8-2/h7-8,12H,1-2,9-11H2,3-6H3,(H,16,18). The van der Waals surface area contributed by atoms with E-state index < -0.39 is 0 Å². The van der Waals surface area contributed by atoms with E-state index in [1.807, 2.05) is 6.08 Å². The molecule has 1 N–H and O–H groups in total. The maximum atomic E-state index is 11.5. The fraction of sp³-hybridized carbons (Fsp3) is 0.667. The third kappa shape index (κ3) is 3.22. The van der Waals surface area contributed by atoms with Gasteiger partial charge in [0.2, 0.25) is 5.91 Å². The second-order valence-corrected chi connectivity index (χ2v) is 6.34. The Balaban J connectivity index is 2.86. The smallest absolute Gasteiger partial charge is 0.243 e. The molecule has 0 bridgehead atoms. The van der Waals surface area contributed by atoms with Crippen molar-refractivity contribution in [2.24, 2.45) is 0 Å². The zero-order chi connectivity index (χ0) is 14.0. The van der Waals surface area contributed by atoms with Crippen LogP contribution in [0.1, 0.15) is 40.5 Å². The van der Waals surface area contributed by atoms with Crippen LogP contribution < -0.4 is 5.32 Å². The van der Waals surface area contributed by atoms with Crippen LogP contribution in [0.2, 0.25) is 0 Å². The highest BCUT2D eigenvalue weighted by Gasteiger charge is 2.44. The summed E-state index contributed by atoms with van der Waals surface area (Å²) in [5.74, 6) is -0.0798. The topological polar surface area (TPSA) is 32.3 Å². The van der Waals surface area contributed by atoms with Crippen molar-refractivity contribution in [1.82, 2.24) is 10.2 Å². The lowest BCUT2D eigenvalue weighted by Gasteiger charge is -2.55. The average Bonchev–Trinajstić information content (AvgIpc) is 2.22. The lowest BCUT2D eigenvalue weighted by molar-refractivity contribution is -0.118. The first-order valence-corrected chi connectivity index (χ1v) is 6.54. The first kappa shape index (κ1) is 15.0. The van der Waals surface area contributed by atoms with Crippen molar-refractivity contribution in [2.75, 3.05) is 6.54 Å². The maximum absolute atomic E-state index is 11.5. The molecule has 0 atom stereocenters. The highest BCUT2D eigenvalue weighted by atomic mass is 16.1. The van der Waals surface area contributed by atoms with Gasteiger partial charge < -0.3 is 5.32 Å². The number of carbonyl (C=O) groups excluding carboxylic acids is 1. The van der Waals surface area contributed by atoms with Crippen LogP contribution in [-0.4, -0.2) is 34.5 Å². The van der Waals surface area contributed by atoms with Gasteiger partial charge in [-0.15, -0.1) is 6.58 Å². The number of likely N-dealkylation sites (tertiary alicyclic amines) is 1. The van der Waals surface area contributed by atoms with Gasteiger partial charge in [0.05, 0.1) is 0 Å². The molecule has 1 aliphatic rings. The van der Waals surface area contributed by atoms with Crippen molar-refractivity contribution in [1.29, 1.82) is 0 Å². The van der Waals surface area contributed by atoms with E-state index >= 15 is 0 Å². The van der Waals surface area contributed by atoms with E-state index in [4.69, 9.17) is 0 Å². The number of nitrogens with zero attached hydrogens (tertiary/aromatic N) is 1. The lowest BCUT2D eigenvalue weighted by atomic mass is 9.77. The predicted octanol–water partition coefficient (Wildman–Crippen LogP) is 2.50. The molecule has 0 spiro atoms. The summed E-state index contributed by atoms with van der Waals surface area (Å²) in [4.78, 5) is 13.9. The average molecular weight is 250 g/mol. The highest BCUT2D eigenvalue weighted by Crippen LogP contribution is 2.38. The zero-order valence-electron chi connectivity index (χ0n) is 12.1. The number of rotatable bonds is 4. The SMILES string of the molecule is C=CCN1C(C)(C)CC(NC(=O)C=C)CC1(C)C. The molecule has 1 heterocycles. The van der Waals surface area contributed by atoms with Gasteiger partial charge in [0.25, 0.3) is 0 Å². The molecule has 1 fully saturated rings. The van der Waals surface area contributed by atoms with Crippen molar-refractivity contribution in [3.8, 4) is 0 Å². The summed E-state index contributed by atoms with van der Waals surface area (Å²) in [6.45, 7) is 17.1. The molecule has 0 aromatic heterocycles. The Morgan fingerprint density at radius 1 is 1.28 bits per heavy atom. The Labute approximate surface area is 111 Å². The Bertz CT molecular complexity index is 326. The maximum Gasteiger partial charge on any atom is 0.243 e. The van der Waals surface area contributed by atoms with Crippen LogP contribution in [0.3, 0.4) is 0 Å². The molecule has 0 radical (unpaired) electrons. The van der Waals surface area contributed by atoms with E-state index in [-0.39, 0.29) is 23.0 Å². The minimum absolute atomic E-state index is 0.0507. The number of hydrogen-bond donors (Lipinski definition) is 1. The predicted molar refractivity (Wildman–Crippen MR) is 76.4 cm³/mol. The molecule has 1 saturated heterocycles. The van der Waals surface area contributed by atoms with Gasteiger partial charge in [-0.05, 0) is 46.6 Å². The first-order chi connectivity index (χ1) is 8.23. The van der Waals surface area contributed by atoms with E-state index in [2.05, 4.69) is 51.1 Å². The lowest BCUT2D eigenvalue weighted by Crippen LogP contribution is -2.64. The number of carbonyl (C=O) groups is 1.